The SMILES string of the molecule is Brc1cncc(CNCCc2nnc3ccccn23)c1. The normalized spacial score (nSPS) is 11.1. The Kier molecular flexibility index (Phi) is 4.03. The molecule has 102 valence electrons. The largest absolute Gasteiger partial charge is 0.312 e. The molecule has 0 radical (unpaired) electrons. The molecular formula is C14H14BrN5. The molecule has 3 rings (SSSR count). The summed E-state index contributed by atoms with van der Waals surface area (Å²) in [6.45, 7) is 1.64. The Morgan fingerprint density at radius 1 is 1.20 bits per heavy atom. The van der Waals surface area contributed by atoms with E-state index in [9.17, 15) is 0 Å². The fourth-order valence-electron chi connectivity index (χ4n) is 2.05. The monoisotopic (exact) mass is 331 g/mol. The van der Waals surface area contributed by atoms with Crippen LogP contribution >= 0.6 is 15.9 Å². The molecule has 0 spiro atoms. The van der Waals surface area contributed by atoms with Gasteiger partial charge in [0.2, 0.25) is 0 Å². The van der Waals surface area contributed by atoms with E-state index in [4.69, 9.17) is 0 Å². The van der Waals surface area contributed by atoms with Crippen LogP contribution in [0.3, 0.4) is 0 Å². The van der Waals surface area contributed by atoms with Gasteiger partial charge in [-0.1, -0.05) is 6.07 Å². The van der Waals surface area contributed by atoms with Crippen LogP contribution in [0.2, 0.25) is 0 Å². The minimum Gasteiger partial charge on any atom is -0.312 e. The number of pyridine rings is 2. The lowest BCUT2D eigenvalue weighted by Crippen LogP contribution is -2.17. The average molecular weight is 332 g/mol. The van der Waals surface area contributed by atoms with Crippen LogP contribution in [0.5, 0.6) is 0 Å². The second kappa shape index (κ2) is 6.11. The molecule has 3 aromatic rings. The van der Waals surface area contributed by atoms with Crippen LogP contribution in [0, 0.1) is 0 Å². The first-order valence-corrected chi connectivity index (χ1v) is 7.21. The van der Waals surface area contributed by atoms with Crippen molar-refractivity contribution < 1.29 is 0 Å². The van der Waals surface area contributed by atoms with E-state index in [0.717, 1.165) is 41.0 Å². The smallest absolute Gasteiger partial charge is 0.160 e. The van der Waals surface area contributed by atoms with E-state index in [1.54, 1.807) is 6.20 Å². The Balaban J connectivity index is 1.55. The third-order valence-electron chi connectivity index (χ3n) is 3.00. The zero-order valence-electron chi connectivity index (χ0n) is 10.8. The molecule has 0 fully saturated rings. The van der Waals surface area contributed by atoms with Crippen LogP contribution in [0.4, 0.5) is 0 Å². The van der Waals surface area contributed by atoms with Gasteiger partial charge in [-0.25, -0.2) is 0 Å². The first-order chi connectivity index (χ1) is 9.83. The summed E-state index contributed by atoms with van der Waals surface area (Å²) in [6, 6.07) is 7.97. The predicted octanol–water partition coefficient (Wildman–Crippen LogP) is 2.22. The first kappa shape index (κ1) is 13.2. The molecule has 0 aliphatic heterocycles. The fourth-order valence-corrected chi connectivity index (χ4v) is 2.46. The standard InChI is InChI=1S/C14H14BrN5/c15-12-7-11(9-17-10-12)8-16-5-4-14-19-18-13-3-1-2-6-20(13)14/h1-3,6-7,9-10,16H,4-5,8H2. The second-order valence-corrected chi connectivity index (χ2v) is 5.40. The molecular weight excluding hydrogens is 318 g/mol. The van der Waals surface area contributed by atoms with Gasteiger partial charge in [0.25, 0.3) is 0 Å². The fraction of sp³-hybridized carbons (Fsp3) is 0.214. The molecule has 0 atom stereocenters. The van der Waals surface area contributed by atoms with Crippen molar-refractivity contribution in [2.24, 2.45) is 0 Å². The van der Waals surface area contributed by atoms with E-state index in [-0.39, 0.29) is 0 Å². The maximum atomic E-state index is 4.21. The van der Waals surface area contributed by atoms with E-state index >= 15 is 0 Å². The summed E-state index contributed by atoms with van der Waals surface area (Å²) in [7, 11) is 0. The molecule has 20 heavy (non-hydrogen) atoms. The molecule has 0 amide bonds. The topological polar surface area (TPSA) is 55.1 Å². The van der Waals surface area contributed by atoms with Crippen LogP contribution in [-0.2, 0) is 13.0 Å². The van der Waals surface area contributed by atoms with E-state index in [1.807, 2.05) is 35.0 Å². The molecule has 0 saturated heterocycles. The van der Waals surface area contributed by atoms with Crippen molar-refractivity contribution in [2.75, 3.05) is 6.54 Å². The van der Waals surface area contributed by atoms with Crippen molar-refractivity contribution in [3.05, 3.63) is 58.7 Å². The van der Waals surface area contributed by atoms with Crippen LogP contribution in [0.25, 0.3) is 5.65 Å². The summed E-state index contributed by atoms with van der Waals surface area (Å²) in [5, 5.41) is 11.7. The Hall–Kier alpha value is -1.79. The summed E-state index contributed by atoms with van der Waals surface area (Å²) in [5.41, 5.74) is 2.05. The lowest BCUT2D eigenvalue weighted by Gasteiger charge is -2.04. The molecule has 3 aromatic heterocycles. The van der Waals surface area contributed by atoms with Crippen molar-refractivity contribution in [2.45, 2.75) is 13.0 Å². The van der Waals surface area contributed by atoms with Crippen molar-refractivity contribution in [1.82, 2.24) is 24.9 Å². The average Bonchev–Trinajstić information content (AvgIpc) is 2.87. The highest BCUT2D eigenvalue weighted by atomic mass is 79.9. The summed E-state index contributed by atoms with van der Waals surface area (Å²) >= 11 is 3.42. The van der Waals surface area contributed by atoms with Gasteiger partial charge in [-0.15, -0.1) is 10.2 Å². The summed E-state index contributed by atoms with van der Waals surface area (Å²) in [6.07, 6.45) is 6.48. The van der Waals surface area contributed by atoms with Crippen LogP contribution in [0.1, 0.15) is 11.4 Å². The number of nitrogens with zero attached hydrogens (tertiary/aromatic N) is 4. The highest BCUT2D eigenvalue weighted by molar-refractivity contribution is 9.10. The first-order valence-electron chi connectivity index (χ1n) is 6.42. The Bertz CT molecular complexity index is 709. The van der Waals surface area contributed by atoms with E-state index in [0.29, 0.717) is 0 Å². The number of rotatable bonds is 5. The van der Waals surface area contributed by atoms with E-state index in [2.05, 4.69) is 42.5 Å². The van der Waals surface area contributed by atoms with Gasteiger partial charge < -0.3 is 5.32 Å². The minimum atomic E-state index is 0.795. The maximum Gasteiger partial charge on any atom is 0.160 e. The zero-order chi connectivity index (χ0) is 13.8. The van der Waals surface area contributed by atoms with Crippen molar-refractivity contribution in [3.63, 3.8) is 0 Å². The molecule has 0 saturated carbocycles. The lowest BCUT2D eigenvalue weighted by atomic mass is 10.3. The van der Waals surface area contributed by atoms with Crippen LogP contribution in [0.15, 0.2) is 47.3 Å². The third kappa shape index (κ3) is 3.02. The van der Waals surface area contributed by atoms with Gasteiger partial charge in [0.15, 0.2) is 5.65 Å². The molecule has 3 heterocycles. The summed E-state index contributed by atoms with van der Waals surface area (Å²) in [5.74, 6) is 0.973. The Morgan fingerprint density at radius 3 is 3.05 bits per heavy atom. The van der Waals surface area contributed by atoms with E-state index in [1.165, 1.54) is 0 Å². The minimum absolute atomic E-state index is 0.795. The van der Waals surface area contributed by atoms with E-state index < -0.39 is 0 Å². The van der Waals surface area contributed by atoms with Gasteiger partial charge in [0.05, 0.1) is 0 Å². The molecule has 5 nitrogen and oxygen atoms in total. The van der Waals surface area contributed by atoms with Crippen molar-refractivity contribution in [3.8, 4) is 0 Å². The highest BCUT2D eigenvalue weighted by Gasteiger charge is 2.03. The molecule has 6 heteroatoms. The zero-order valence-corrected chi connectivity index (χ0v) is 12.4. The number of aromatic nitrogens is 4. The number of hydrogen-bond acceptors (Lipinski definition) is 4. The second-order valence-electron chi connectivity index (χ2n) is 4.48. The quantitative estimate of drug-likeness (QED) is 0.728. The summed E-state index contributed by atoms with van der Waals surface area (Å²) in [4.78, 5) is 4.14. The Labute approximate surface area is 125 Å². The molecule has 0 unspecified atom stereocenters. The lowest BCUT2D eigenvalue weighted by molar-refractivity contribution is 0.665. The molecule has 0 aromatic carbocycles. The maximum absolute atomic E-state index is 4.21. The van der Waals surface area contributed by atoms with Gasteiger partial charge in [-0.3, -0.25) is 9.38 Å². The molecule has 0 bridgehead atoms. The van der Waals surface area contributed by atoms with Gasteiger partial charge >= 0.3 is 0 Å². The number of fused-ring (bicyclic) bond motifs is 1. The van der Waals surface area contributed by atoms with Crippen LogP contribution < -0.4 is 5.32 Å². The number of nitrogens with one attached hydrogen (secondary N) is 1. The van der Waals surface area contributed by atoms with Gasteiger partial charge in [0.1, 0.15) is 5.82 Å². The Morgan fingerprint density at radius 2 is 2.15 bits per heavy atom. The molecule has 1 N–H and O–H groups in total. The van der Waals surface area contributed by atoms with Gasteiger partial charge in [-0.2, -0.15) is 0 Å². The molecule has 0 aliphatic carbocycles. The number of hydrogen-bond donors (Lipinski definition) is 1. The predicted molar refractivity (Wildman–Crippen MR) is 80.3 cm³/mol. The van der Waals surface area contributed by atoms with Crippen LogP contribution in [-0.4, -0.2) is 26.1 Å². The highest BCUT2D eigenvalue weighted by Crippen LogP contribution is 2.09. The van der Waals surface area contributed by atoms with Crippen molar-refractivity contribution >= 4 is 21.6 Å². The summed E-state index contributed by atoms with van der Waals surface area (Å²) < 4.78 is 3.02. The van der Waals surface area contributed by atoms with Crippen molar-refractivity contribution in [1.29, 1.82) is 0 Å². The third-order valence-corrected chi connectivity index (χ3v) is 3.43. The molecule has 0 aliphatic rings. The van der Waals surface area contributed by atoms with Gasteiger partial charge in [0, 0.05) is 42.6 Å². The van der Waals surface area contributed by atoms with Gasteiger partial charge in [-0.05, 0) is 39.7 Å². The number of halogens is 1.